The van der Waals surface area contributed by atoms with Crippen molar-refractivity contribution >= 4 is 17.8 Å². The molecule has 1 aliphatic rings. The molecule has 6 heteroatoms. The van der Waals surface area contributed by atoms with Gasteiger partial charge in [0, 0.05) is 12.2 Å². The number of hydrogen-bond donors (Lipinski definition) is 1. The van der Waals surface area contributed by atoms with Crippen LogP contribution in [0.1, 0.15) is 43.9 Å². The topological polar surface area (TPSA) is 81.7 Å². The third-order valence-electron chi connectivity index (χ3n) is 3.99. The molecule has 134 valence electrons. The van der Waals surface area contributed by atoms with Gasteiger partial charge in [-0.05, 0) is 44.2 Å². The van der Waals surface area contributed by atoms with Crippen molar-refractivity contribution < 1.29 is 23.9 Å². The van der Waals surface area contributed by atoms with Gasteiger partial charge in [-0.3, -0.25) is 4.79 Å². The molecular formula is C19H23NO5. The Hall–Kier alpha value is -2.63. The Bertz CT molecular complexity index is 668. The van der Waals surface area contributed by atoms with Crippen LogP contribution in [0.15, 0.2) is 36.4 Å². The molecule has 1 N–H and O–H groups in total. The molecule has 0 saturated heterocycles. The number of esters is 2. The minimum atomic E-state index is -0.951. The van der Waals surface area contributed by atoms with Gasteiger partial charge in [-0.2, -0.15) is 0 Å². The van der Waals surface area contributed by atoms with Gasteiger partial charge in [0.05, 0.1) is 12.6 Å². The second kappa shape index (κ2) is 9.01. The number of amides is 1. The van der Waals surface area contributed by atoms with E-state index in [0.29, 0.717) is 0 Å². The SMILES string of the molecule is CCOC(=O)/C=C/C(=O)O[C@H](C)C(=O)N[C@H]1CCCc2ccccc21. The van der Waals surface area contributed by atoms with Crippen LogP contribution in [0, 0.1) is 0 Å². The van der Waals surface area contributed by atoms with Crippen molar-refractivity contribution in [3.05, 3.63) is 47.5 Å². The average molecular weight is 345 g/mol. The number of rotatable bonds is 6. The minimum Gasteiger partial charge on any atom is -0.463 e. The highest BCUT2D eigenvalue weighted by Gasteiger charge is 2.24. The molecule has 25 heavy (non-hydrogen) atoms. The molecule has 1 aromatic carbocycles. The van der Waals surface area contributed by atoms with E-state index in [-0.39, 0.29) is 18.6 Å². The quantitative estimate of drug-likeness (QED) is 0.631. The molecule has 1 aliphatic carbocycles. The maximum atomic E-state index is 12.3. The molecule has 1 amide bonds. The molecule has 0 spiro atoms. The third-order valence-corrected chi connectivity index (χ3v) is 3.99. The van der Waals surface area contributed by atoms with E-state index in [9.17, 15) is 14.4 Å². The molecule has 0 heterocycles. The zero-order valence-corrected chi connectivity index (χ0v) is 14.5. The lowest BCUT2D eigenvalue weighted by Gasteiger charge is -2.27. The molecule has 0 aromatic heterocycles. The summed E-state index contributed by atoms with van der Waals surface area (Å²) < 4.78 is 9.69. The molecule has 0 aliphatic heterocycles. The maximum Gasteiger partial charge on any atom is 0.331 e. The Balaban J connectivity index is 1.89. The summed E-state index contributed by atoms with van der Waals surface area (Å²) in [6.07, 6.45) is 3.84. The van der Waals surface area contributed by atoms with Gasteiger partial charge in [0.15, 0.2) is 6.10 Å². The Morgan fingerprint density at radius 2 is 1.96 bits per heavy atom. The van der Waals surface area contributed by atoms with Crippen LogP contribution in [0.4, 0.5) is 0 Å². The molecule has 0 radical (unpaired) electrons. The van der Waals surface area contributed by atoms with Gasteiger partial charge in [-0.15, -0.1) is 0 Å². The van der Waals surface area contributed by atoms with Gasteiger partial charge in [0.2, 0.25) is 0 Å². The first-order chi connectivity index (χ1) is 12.0. The number of carbonyl (C=O) groups excluding carboxylic acids is 3. The van der Waals surface area contributed by atoms with Gasteiger partial charge >= 0.3 is 11.9 Å². The van der Waals surface area contributed by atoms with Crippen LogP contribution in [-0.4, -0.2) is 30.6 Å². The van der Waals surface area contributed by atoms with E-state index in [1.165, 1.54) is 12.5 Å². The first-order valence-corrected chi connectivity index (χ1v) is 8.45. The lowest BCUT2D eigenvalue weighted by molar-refractivity contribution is -0.150. The molecule has 2 rings (SSSR count). The molecule has 2 atom stereocenters. The minimum absolute atomic E-state index is 0.0753. The predicted octanol–water partition coefficient (Wildman–Crippen LogP) is 2.23. The summed E-state index contributed by atoms with van der Waals surface area (Å²) in [5.41, 5.74) is 2.35. The van der Waals surface area contributed by atoms with Crippen LogP contribution in [0.3, 0.4) is 0 Å². The van der Waals surface area contributed by atoms with Crippen LogP contribution in [-0.2, 0) is 30.3 Å². The number of fused-ring (bicyclic) bond motifs is 1. The highest BCUT2D eigenvalue weighted by atomic mass is 16.5. The van der Waals surface area contributed by atoms with Crippen molar-refractivity contribution in [3.63, 3.8) is 0 Å². The molecule has 0 saturated carbocycles. The molecule has 1 aromatic rings. The van der Waals surface area contributed by atoms with E-state index in [1.807, 2.05) is 18.2 Å². The van der Waals surface area contributed by atoms with Gasteiger partial charge in [-0.25, -0.2) is 9.59 Å². The first kappa shape index (κ1) is 18.7. The molecule has 0 unspecified atom stereocenters. The van der Waals surface area contributed by atoms with Crippen LogP contribution in [0.25, 0.3) is 0 Å². The summed E-state index contributed by atoms with van der Waals surface area (Å²) in [6, 6.07) is 7.94. The lowest BCUT2D eigenvalue weighted by atomic mass is 9.87. The van der Waals surface area contributed by atoms with Crippen LogP contribution in [0.2, 0.25) is 0 Å². The van der Waals surface area contributed by atoms with Crippen molar-refractivity contribution in [2.75, 3.05) is 6.61 Å². The maximum absolute atomic E-state index is 12.3. The van der Waals surface area contributed by atoms with Gasteiger partial charge < -0.3 is 14.8 Å². The summed E-state index contributed by atoms with van der Waals surface area (Å²) in [6.45, 7) is 3.39. The van der Waals surface area contributed by atoms with E-state index in [2.05, 4.69) is 16.1 Å². The summed E-state index contributed by atoms with van der Waals surface area (Å²) in [5.74, 6) is -1.75. The normalized spacial score (nSPS) is 17.4. The number of aryl methyl sites for hydroxylation is 1. The zero-order chi connectivity index (χ0) is 18.2. The van der Waals surface area contributed by atoms with E-state index < -0.39 is 18.0 Å². The van der Waals surface area contributed by atoms with Crippen LogP contribution >= 0.6 is 0 Å². The lowest BCUT2D eigenvalue weighted by Crippen LogP contribution is -2.39. The van der Waals surface area contributed by atoms with E-state index in [1.54, 1.807) is 6.92 Å². The molecular weight excluding hydrogens is 322 g/mol. The average Bonchev–Trinajstić information content (AvgIpc) is 2.60. The van der Waals surface area contributed by atoms with Crippen LogP contribution < -0.4 is 5.32 Å². The van der Waals surface area contributed by atoms with Crippen LogP contribution in [0.5, 0.6) is 0 Å². The fourth-order valence-electron chi connectivity index (χ4n) is 2.79. The molecule has 0 fully saturated rings. The smallest absolute Gasteiger partial charge is 0.331 e. The number of ether oxygens (including phenoxy) is 2. The summed E-state index contributed by atoms with van der Waals surface area (Å²) in [4.78, 5) is 35.1. The van der Waals surface area contributed by atoms with Gasteiger partial charge in [0.1, 0.15) is 0 Å². The van der Waals surface area contributed by atoms with Gasteiger partial charge in [0.25, 0.3) is 5.91 Å². The third kappa shape index (κ3) is 5.45. The number of nitrogens with one attached hydrogen (secondary N) is 1. The predicted molar refractivity (Wildman–Crippen MR) is 91.6 cm³/mol. The zero-order valence-electron chi connectivity index (χ0n) is 14.5. The Labute approximate surface area is 147 Å². The monoisotopic (exact) mass is 345 g/mol. The Morgan fingerprint density at radius 1 is 1.24 bits per heavy atom. The van der Waals surface area contributed by atoms with Crippen molar-refractivity contribution in [1.29, 1.82) is 0 Å². The van der Waals surface area contributed by atoms with E-state index >= 15 is 0 Å². The number of benzene rings is 1. The molecule has 6 nitrogen and oxygen atoms in total. The Kier molecular flexibility index (Phi) is 6.74. The second-order valence-electron chi connectivity index (χ2n) is 5.82. The highest BCUT2D eigenvalue weighted by molar-refractivity contribution is 5.93. The highest BCUT2D eigenvalue weighted by Crippen LogP contribution is 2.29. The largest absolute Gasteiger partial charge is 0.463 e. The Morgan fingerprint density at radius 3 is 2.72 bits per heavy atom. The van der Waals surface area contributed by atoms with Crippen molar-refractivity contribution in [2.24, 2.45) is 0 Å². The molecule has 0 bridgehead atoms. The summed E-state index contributed by atoms with van der Waals surface area (Å²) in [7, 11) is 0. The summed E-state index contributed by atoms with van der Waals surface area (Å²) in [5, 5.41) is 2.93. The van der Waals surface area contributed by atoms with E-state index in [4.69, 9.17) is 4.74 Å². The number of carbonyl (C=O) groups is 3. The van der Waals surface area contributed by atoms with Crippen molar-refractivity contribution in [1.82, 2.24) is 5.32 Å². The van der Waals surface area contributed by atoms with Crippen molar-refractivity contribution in [3.8, 4) is 0 Å². The van der Waals surface area contributed by atoms with Gasteiger partial charge in [-0.1, -0.05) is 24.3 Å². The summed E-state index contributed by atoms with van der Waals surface area (Å²) >= 11 is 0. The number of hydrogen-bond acceptors (Lipinski definition) is 5. The second-order valence-corrected chi connectivity index (χ2v) is 5.82. The van der Waals surface area contributed by atoms with E-state index in [0.717, 1.165) is 37.0 Å². The standard InChI is InChI=1S/C19H23NO5/c1-3-24-17(21)11-12-18(22)25-13(2)19(23)20-16-10-6-8-14-7-4-5-9-15(14)16/h4-5,7,9,11-13,16H,3,6,8,10H2,1-2H3,(H,20,23)/b12-11+/t13-,16+/m1/s1. The fraction of sp³-hybridized carbons (Fsp3) is 0.421. The fourth-order valence-corrected chi connectivity index (χ4v) is 2.79. The van der Waals surface area contributed by atoms with Crippen molar-refractivity contribution in [2.45, 2.75) is 45.3 Å². The first-order valence-electron chi connectivity index (χ1n) is 8.45.